The predicted molar refractivity (Wildman–Crippen MR) is 126 cm³/mol. The van der Waals surface area contributed by atoms with Crippen molar-refractivity contribution in [3.63, 3.8) is 0 Å². The molecule has 4 nitrogen and oxygen atoms in total. The lowest BCUT2D eigenvalue weighted by Crippen LogP contribution is -2.43. The van der Waals surface area contributed by atoms with E-state index in [1.807, 2.05) is 12.3 Å². The minimum Gasteiger partial charge on any atom is -0.359 e. The third kappa shape index (κ3) is 4.86. The van der Waals surface area contributed by atoms with Crippen LogP contribution < -0.4 is 5.32 Å². The Hall–Kier alpha value is -2.98. The van der Waals surface area contributed by atoms with Gasteiger partial charge in [-0.3, -0.25) is 9.78 Å². The van der Waals surface area contributed by atoms with Crippen molar-refractivity contribution in [2.75, 3.05) is 26.7 Å². The summed E-state index contributed by atoms with van der Waals surface area (Å²) in [4.78, 5) is 19.6. The Morgan fingerprint density at radius 1 is 1.06 bits per heavy atom. The summed E-state index contributed by atoms with van der Waals surface area (Å²) in [6.45, 7) is 5.00. The zero-order valence-electron chi connectivity index (χ0n) is 18.4. The molecule has 0 radical (unpaired) electrons. The van der Waals surface area contributed by atoms with Crippen LogP contribution in [0.25, 0.3) is 11.1 Å². The average molecular weight is 414 g/mol. The highest BCUT2D eigenvalue weighted by molar-refractivity contribution is 5.83. The van der Waals surface area contributed by atoms with Crippen molar-refractivity contribution >= 4 is 5.91 Å². The molecule has 1 N–H and O–H groups in total. The SMILES string of the molecule is CNC(=O)C1(Cc2ccc(-c3cccnc3)cc2)CCN(CC(C)c2ccccc2)C1. The molecule has 0 saturated carbocycles. The number of hydrogen-bond acceptors (Lipinski definition) is 3. The van der Waals surface area contributed by atoms with Gasteiger partial charge in [-0.2, -0.15) is 0 Å². The van der Waals surface area contributed by atoms with Crippen molar-refractivity contribution in [3.8, 4) is 11.1 Å². The molecule has 1 aliphatic rings. The molecule has 1 aromatic heterocycles. The molecule has 2 atom stereocenters. The molecular weight excluding hydrogens is 382 g/mol. The molecule has 2 heterocycles. The van der Waals surface area contributed by atoms with E-state index in [-0.39, 0.29) is 11.3 Å². The third-order valence-electron chi connectivity index (χ3n) is 6.53. The molecule has 2 unspecified atom stereocenters. The van der Waals surface area contributed by atoms with Crippen molar-refractivity contribution in [2.45, 2.75) is 25.7 Å². The largest absolute Gasteiger partial charge is 0.359 e. The van der Waals surface area contributed by atoms with Gasteiger partial charge in [0, 0.05) is 32.5 Å². The standard InChI is InChI=1S/C27H31N3O/c1-21(23-7-4-3-5-8-23)19-30-16-14-27(20-30,26(31)28-2)17-22-10-12-24(13-11-22)25-9-6-15-29-18-25/h3-13,15,18,21H,14,16-17,19-20H2,1-2H3,(H,28,31). The number of carbonyl (C=O) groups excluding carboxylic acids is 1. The van der Waals surface area contributed by atoms with Crippen molar-refractivity contribution in [1.82, 2.24) is 15.2 Å². The van der Waals surface area contributed by atoms with Gasteiger partial charge in [0.25, 0.3) is 0 Å². The summed E-state index contributed by atoms with van der Waals surface area (Å²) in [5.74, 6) is 0.596. The van der Waals surface area contributed by atoms with E-state index in [2.05, 4.69) is 82.8 Å². The van der Waals surface area contributed by atoms with Crippen LogP contribution in [0.2, 0.25) is 0 Å². The Morgan fingerprint density at radius 3 is 2.52 bits per heavy atom. The number of nitrogens with one attached hydrogen (secondary N) is 1. The van der Waals surface area contributed by atoms with E-state index in [0.29, 0.717) is 5.92 Å². The van der Waals surface area contributed by atoms with Crippen LogP contribution in [0.4, 0.5) is 0 Å². The Bertz CT molecular complexity index is 988. The second-order valence-corrected chi connectivity index (χ2v) is 8.77. The molecule has 3 aromatic rings. The zero-order valence-corrected chi connectivity index (χ0v) is 18.4. The van der Waals surface area contributed by atoms with Gasteiger partial charge in [-0.15, -0.1) is 0 Å². The van der Waals surface area contributed by atoms with Gasteiger partial charge in [-0.25, -0.2) is 0 Å². The van der Waals surface area contributed by atoms with Crippen LogP contribution in [-0.4, -0.2) is 42.5 Å². The first kappa shape index (κ1) is 21.3. The second-order valence-electron chi connectivity index (χ2n) is 8.77. The van der Waals surface area contributed by atoms with Gasteiger partial charge in [-0.05, 0) is 53.6 Å². The van der Waals surface area contributed by atoms with Gasteiger partial charge in [0.1, 0.15) is 0 Å². The summed E-state index contributed by atoms with van der Waals surface area (Å²) in [5.41, 5.74) is 4.44. The van der Waals surface area contributed by atoms with Crippen LogP contribution in [-0.2, 0) is 11.2 Å². The molecule has 0 aliphatic carbocycles. The summed E-state index contributed by atoms with van der Waals surface area (Å²) in [7, 11) is 1.75. The number of hydrogen-bond donors (Lipinski definition) is 1. The highest BCUT2D eigenvalue weighted by atomic mass is 16.2. The van der Waals surface area contributed by atoms with Gasteiger partial charge < -0.3 is 10.2 Å². The normalized spacial score (nSPS) is 19.8. The molecule has 1 aliphatic heterocycles. The number of nitrogens with zero attached hydrogens (tertiary/aromatic N) is 2. The highest BCUT2D eigenvalue weighted by Crippen LogP contribution is 2.36. The smallest absolute Gasteiger partial charge is 0.227 e. The Labute approximate surface area is 185 Å². The number of aromatic nitrogens is 1. The molecule has 0 spiro atoms. The van der Waals surface area contributed by atoms with Gasteiger partial charge in [0.15, 0.2) is 0 Å². The minimum absolute atomic E-state index is 0.152. The lowest BCUT2D eigenvalue weighted by atomic mass is 9.79. The number of pyridine rings is 1. The fourth-order valence-corrected chi connectivity index (χ4v) is 4.80. The lowest BCUT2D eigenvalue weighted by molar-refractivity contribution is -0.130. The molecule has 4 rings (SSSR count). The summed E-state index contributed by atoms with van der Waals surface area (Å²) in [6, 6.07) is 23.2. The molecule has 31 heavy (non-hydrogen) atoms. The van der Waals surface area contributed by atoms with Gasteiger partial charge in [-0.1, -0.05) is 67.6 Å². The van der Waals surface area contributed by atoms with Crippen LogP contribution in [0.5, 0.6) is 0 Å². The second kappa shape index (κ2) is 9.44. The maximum absolute atomic E-state index is 13.0. The van der Waals surface area contributed by atoms with E-state index in [4.69, 9.17) is 0 Å². The lowest BCUT2D eigenvalue weighted by Gasteiger charge is -2.29. The number of rotatable bonds is 7. The van der Waals surface area contributed by atoms with Crippen molar-refractivity contribution in [3.05, 3.63) is 90.3 Å². The Balaban J connectivity index is 1.47. The van der Waals surface area contributed by atoms with Crippen LogP contribution in [0.15, 0.2) is 79.1 Å². The Morgan fingerprint density at radius 2 is 1.84 bits per heavy atom. The predicted octanol–water partition coefficient (Wildman–Crippen LogP) is 4.53. The number of benzene rings is 2. The molecule has 1 saturated heterocycles. The number of likely N-dealkylation sites (tertiary alicyclic amines) is 1. The first-order chi connectivity index (χ1) is 15.1. The maximum Gasteiger partial charge on any atom is 0.227 e. The van der Waals surface area contributed by atoms with Crippen LogP contribution in [0.1, 0.15) is 30.4 Å². The van der Waals surface area contributed by atoms with Crippen molar-refractivity contribution in [1.29, 1.82) is 0 Å². The van der Waals surface area contributed by atoms with E-state index in [1.54, 1.807) is 13.2 Å². The number of amides is 1. The molecular formula is C27H31N3O. The highest BCUT2D eigenvalue weighted by Gasteiger charge is 2.44. The fourth-order valence-electron chi connectivity index (χ4n) is 4.80. The van der Waals surface area contributed by atoms with E-state index >= 15 is 0 Å². The third-order valence-corrected chi connectivity index (χ3v) is 6.53. The summed E-state index contributed by atoms with van der Waals surface area (Å²) in [5, 5.41) is 2.94. The summed E-state index contributed by atoms with van der Waals surface area (Å²) < 4.78 is 0. The first-order valence-electron chi connectivity index (χ1n) is 11.1. The van der Waals surface area contributed by atoms with Gasteiger partial charge in [0.05, 0.1) is 5.41 Å². The summed E-state index contributed by atoms with van der Waals surface area (Å²) >= 11 is 0. The van der Waals surface area contributed by atoms with Gasteiger partial charge in [0.2, 0.25) is 5.91 Å². The molecule has 1 fully saturated rings. The maximum atomic E-state index is 13.0. The van der Waals surface area contributed by atoms with Crippen LogP contribution >= 0.6 is 0 Å². The Kier molecular flexibility index (Phi) is 6.47. The number of carbonyl (C=O) groups is 1. The molecule has 160 valence electrons. The van der Waals surface area contributed by atoms with Gasteiger partial charge >= 0.3 is 0 Å². The van der Waals surface area contributed by atoms with E-state index in [0.717, 1.165) is 43.6 Å². The fraction of sp³-hybridized carbons (Fsp3) is 0.333. The molecule has 1 amide bonds. The van der Waals surface area contributed by atoms with Crippen molar-refractivity contribution < 1.29 is 4.79 Å². The van der Waals surface area contributed by atoms with Crippen LogP contribution in [0, 0.1) is 5.41 Å². The van der Waals surface area contributed by atoms with Crippen LogP contribution in [0.3, 0.4) is 0 Å². The molecule has 0 bridgehead atoms. The first-order valence-corrected chi connectivity index (χ1v) is 11.1. The monoisotopic (exact) mass is 413 g/mol. The molecule has 4 heteroatoms. The van der Waals surface area contributed by atoms with E-state index in [1.165, 1.54) is 11.1 Å². The minimum atomic E-state index is -0.374. The van der Waals surface area contributed by atoms with E-state index < -0.39 is 0 Å². The topological polar surface area (TPSA) is 45.2 Å². The molecule has 2 aromatic carbocycles. The van der Waals surface area contributed by atoms with Crippen molar-refractivity contribution in [2.24, 2.45) is 5.41 Å². The zero-order chi connectivity index (χ0) is 21.7. The van der Waals surface area contributed by atoms with E-state index in [9.17, 15) is 4.79 Å². The quantitative estimate of drug-likeness (QED) is 0.619. The summed E-state index contributed by atoms with van der Waals surface area (Å²) in [6.07, 6.45) is 5.31. The average Bonchev–Trinajstić information content (AvgIpc) is 3.23.